The van der Waals surface area contributed by atoms with Gasteiger partial charge in [-0.3, -0.25) is 0 Å². The van der Waals surface area contributed by atoms with E-state index in [2.05, 4.69) is 264 Å². The fourth-order valence-corrected chi connectivity index (χ4v) is 10.4. The zero-order valence-electron chi connectivity index (χ0n) is 42.9. The van der Waals surface area contributed by atoms with E-state index in [0.717, 1.165) is 24.8 Å². The van der Waals surface area contributed by atoms with Crippen LogP contribution in [0.25, 0.3) is 49.7 Å². The number of allylic oxidation sites excluding steroid dienone is 4. The number of aryl methyl sites for hydroxylation is 2. The average Bonchev–Trinajstić information content (AvgIpc) is 3.39. The second-order valence-electron chi connectivity index (χ2n) is 19.1. The van der Waals surface area contributed by atoms with Gasteiger partial charge in [0.15, 0.2) is 0 Å². The molecule has 2 unspecified atom stereocenters. The van der Waals surface area contributed by atoms with E-state index in [-0.39, 0.29) is 0 Å². The minimum absolute atomic E-state index is 0.542. The second-order valence-corrected chi connectivity index (χ2v) is 20.2. The van der Waals surface area contributed by atoms with Gasteiger partial charge < -0.3 is 0 Å². The van der Waals surface area contributed by atoms with Crippen LogP contribution in [-0.4, -0.2) is 0 Å². The number of fused-ring (bicyclic) bond motifs is 3. The molecule has 0 spiro atoms. The summed E-state index contributed by atoms with van der Waals surface area (Å²) < 4.78 is 0. The molecule has 350 valence electrons. The Kier molecular flexibility index (Phi) is 17.4. The highest BCUT2D eigenvalue weighted by atomic mass is 32.2. The lowest BCUT2D eigenvalue weighted by Gasteiger charge is -2.25. The van der Waals surface area contributed by atoms with Crippen molar-refractivity contribution in [2.24, 2.45) is 11.8 Å². The third kappa shape index (κ3) is 12.1. The summed E-state index contributed by atoms with van der Waals surface area (Å²) in [5.41, 5.74) is 21.3. The Morgan fingerprint density at radius 2 is 1.12 bits per heavy atom. The molecular weight excluding hydrogens is 849 g/mol. The second kappa shape index (κ2) is 23.7. The number of hydrogen-bond acceptors (Lipinski definition) is 1. The zero-order chi connectivity index (χ0) is 49.0. The van der Waals surface area contributed by atoms with E-state index in [9.17, 15) is 0 Å². The Labute approximate surface area is 420 Å². The molecule has 1 heterocycles. The summed E-state index contributed by atoms with van der Waals surface area (Å²) in [7, 11) is 0. The maximum absolute atomic E-state index is 4.45. The van der Waals surface area contributed by atoms with Crippen LogP contribution in [0.4, 0.5) is 0 Å². The lowest BCUT2D eigenvalue weighted by Crippen LogP contribution is -2.01. The first-order chi connectivity index (χ1) is 33.4. The van der Waals surface area contributed by atoms with E-state index in [1.54, 1.807) is 0 Å². The standard InChI is InChI=1S/C26H20S.C23H28.C19H24/c1-16-8-4-7-11-21(16)22-12-13-23-17(2)24-14-19-9-5-6-10-20(19)15-25(24)27-26(23)18(22)3;1-5-18(3)22(20-13-9-7-10-14-20)17-23(19(4)6-2)21-15-11-8-12-16-21;1-5-16-6-8-18(9-7-16)19-12-10-17(11-13-19)15(4)14(2)3/h4-15H,2H2,1,3H3;7-18H,5-6H2,1-4H3;6-15H,5H2,1-4H3/b;22-17+,23-19?;. The molecular formula is C68H72S. The van der Waals surface area contributed by atoms with Crippen LogP contribution in [0.2, 0.25) is 0 Å². The molecule has 69 heavy (non-hydrogen) atoms. The summed E-state index contributed by atoms with van der Waals surface area (Å²) in [6.07, 6.45) is 5.74. The van der Waals surface area contributed by atoms with Gasteiger partial charge in [0.2, 0.25) is 0 Å². The quantitative estimate of drug-likeness (QED) is 0.117. The summed E-state index contributed by atoms with van der Waals surface area (Å²) in [5.74, 6) is 1.85. The molecule has 9 rings (SSSR count). The van der Waals surface area contributed by atoms with Gasteiger partial charge in [0, 0.05) is 9.79 Å². The van der Waals surface area contributed by atoms with Gasteiger partial charge in [-0.05, 0) is 164 Å². The molecule has 0 N–H and O–H groups in total. The van der Waals surface area contributed by atoms with Crippen LogP contribution < -0.4 is 0 Å². The molecule has 0 aromatic heterocycles. The van der Waals surface area contributed by atoms with Crippen LogP contribution in [-0.2, 0) is 6.42 Å². The first-order valence-corrected chi connectivity index (χ1v) is 26.0. The fraction of sp³-hybridized carbons (Fsp3) is 0.235. The van der Waals surface area contributed by atoms with Crippen molar-refractivity contribution in [1.29, 1.82) is 0 Å². The van der Waals surface area contributed by atoms with E-state index in [0.29, 0.717) is 17.8 Å². The summed E-state index contributed by atoms with van der Waals surface area (Å²) in [4.78, 5) is 2.64. The van der Waals surface area contributed by atoms with Crippen molar-refractivity contribution in [3.05, 3.63) is 245 Å². The van der Waals surface area contributed by atoms with Gasteiger partial charge in [0.05, 0.1) is 0 Å². The topological polar surface area (TPSA) is 0 Å². The van der Waals surface area contributed by atoms with Gasteiger partial charge in [-0.25, -0.2) is 0 Å². The summed E-state index contributed by atoms with van der Waals surface area (Å²) in [6, 6.07) is 65.7. The van der Waals surface area contributed by atoms with Crippen LogP contribution >= 0.6 is 11.8 Å². The SMILES string of the molecule is C=C1c2cc3ccccc3cc2Sc2c1ccc(-c1ccccc1C)c2C.CCC(C)=C(/C=C(/c1ccccc1)C(C)CC)c1ccccc1.CCc1ccc(-c2ccc(C(C)C(C)C)cc2)cc1. The Hall–Kier alpha value is -6.41. The molecule has 0 fully saturated rings. The van der Waals surface area contributed by atoms with E-state index < -0.39 is 0 Å². The number of benzene rings is 8. The van der Waals surface area contributed by atoms with Crippen LogP contribution in [0.5, 0.6) is 0 Å². The van der Waals surface area contributed by atoms with Crippen molar-refractivity contribution in [3.8, 4) is 22.3 Å². The number of rotatable bonds is 11. The van der Waals surface area contributed by atoms with Crippen molar-refractivity contribution in [2.45, 2.75) is 104 Å². The minimum Gasteiger partial charge on any atom is -0.0905 e. The molecule has 0 saturated carbocycles. The minimum atomic E-state index is 0.542. The number of hydrogen-bond donors (Lipinski definition) is 0. The molecule has 0 radical (unpaired) electrons. The maximum Gasteiger partial charge on any atom is 0.0236 e. The largest absolute Gasteiger partial charge is 0.0905 e. The molecule has 1 aliphatic heterocycles. The Morgan fingerprint density at radius 1 is 0.565 bits per heavy atom. The van der Waals surface area contributed by atoms with Crippen molar-refractivity contribution in [1.82, 2.24) is 0 Å². The smallest absolute Gasteiger partial charge is 0.0236 e. The van der Waals surface area contributed by atoms with Crippen molar-refractivity contribution in [2.75, 3.05) is 0 Å². The highest BCUT2D eigenvalue weighted by molar-refractivity contribution is 7.99. The molecule has 1 aliphatic rings. The Balaban J connectivity index is 0.000000156. The van der Waals surface area contributed by atoms with E-state index in [1.165, 1.54) is 104 Å². The first kappa shape index (κ1) is 50.5. The van der Waals surface area contributed by atoms with Crippen LogP contribution in [0.1, 0.15) is 119 Å². The van der Waals surface area contributed by atoms with Gasteiger partial charge in [0.25, 0.3) is 0 Å². The van der Waals surface area contributed by atoms with Crippen molar-refractivity contribution < 1.29 is 0 Å². The van der Waals surface area contributed by atoms with E-state index in [4.69, 9.17) is 0 Å². The third-order valence-electron chi connectivity index (χ3n) is 14.3. The zero-order valence-corrected chi connectivity index (χ0v) is 43.7. The lowest BCUT2D eigenvalue weighted by molar-refractivity contribution is 0.535. The van der Waals surface area contributed by atoms with Gasteiger partial charge in [-0.1, -0.05) is 248 Å². The Morgan fingerprint density at radius 3 is 1.70 bits per heavy atom. The maximum atomic E-state index is 4.45. The summed E-state index contributed by atoms with van der Waals surface area (Å²) in [5, 5.41) is 2.56. The van der Waals surface area contributed by atoms with Crippen LogP contribution in [0.3, 0.4) is 0 Å². The normalized spacial score (nSPS) is 13.3. The third-order valence-corrected chi connectivity index (χ3v) is 15.6. The molecule has 0 aliphatic carbocycles. The molecule has 8 aromatic carbocycles. The predicted molar refractivity (Wildman–Crippen MR) is 305 cm³/mol. The summed E-state index contributed by atoms with van der Waals surface area (Å²) >= 11 is 1.88. The monoisotopic (exact) mass is 921 g/mol. The van der Waals surface area contributed by atoms with Crippen LogP contribution in [0, 0.1) is 25.7 Å². The fourth-order valence-electron chi connectivity index (χ4n) is 9.10. The molecule has 0 nitrogen and oxygen atoms in total. The highest BCUT2D eigenvalue weighted by Crippen LogP contribution is 2.49. The van der Waals surface area contributed by atoms with E-state index >= 15 is 0 Å². The first-order valence-electron chi connectivity index (χ1n) is 25.2. The molecule has 0 amide bonds. The van der Waals surface area contributed by atoms with Gasteiger partial charge in [-0.2, -0.15) is 0 Å². The van der Waals surface area contributed by atoms with Crippen molar-refractivity contribution in [3.63, 3.8) is 0 Å². The van der Waals surface area contributed by atoms with Crippen molar-refractivity contribution >= 4 is 39.3 Å². The van der Waals surface area contributed by atoms with Gasteiger partial charge in [0.1, 0.15) is 0 Å². The highest BCUT2D eigenvalue weighted by Gasteiger charge is 2.24. The molecule has 2 atom stereocenters. The van der Waals surface area contributed by atoms with Gasteiger partial charge in [-0.15, -0.1) is 0 Å². The Bertz CT molecular complexity index is 3040. The molecule has 8 aromatic rings. The van der Waals surface area contributed by atoms with Crippen LogP contribution in [0.15, 0.2) is 210 Å². The molecule has 0 bridgehead atoms. The predicted octanol–water partition coefficient (Wildman–Crippen LogP) is 20.3. The average molecular weight is 921 g/mol. The lowest BCUT2D eigenvalue weighted by atomic mass is 9.87. The van der Waals surface area contributed by atoms with E-state index in [1.807, 2.05) is 11.8 Å². The summed E-state index contributed by atoms with van der Waals surface area (Å²) in [6.45, 7) is 27.0. The molecule has 1 heteroatoms. The van der Waals surface area contributed by atoms with Gasteiger partial charge >= 0.3 is 0 Å². The molecule has 0 saturated heterocycles.